The highest BCUT2D eigenvalue weighted by atomic mass is 16.1. The van der Waals surface area contributed by atoms with E-state index in [1.165, 1.54) is 5.56 Å². The fraction of sp³-hybridized carbons (Fsp3) is 0.381. The molecule has 0 heterocycles. The van der Waals surface area contributed by atoms with Crippen LogP contribution in [0.5, 0.6) is 0 Å². The molecule has 0 aliphatic rings. The van der Waals surface area contributed by atoms with Gasteiger partial charge in [0.1, 0.15) is 0 Å². The van der Waals surface area contributed by atoms with Crippen LogP contribution >= 0.6 is 0 Å². The van der Waals surface area contributed by atoms with E-state index in [2.05, 4.69) is 63.5 Å². The van der Waals surface area contributed by atoms with E-state index in [1.54, 1.807) is 0 Å². The topological polar surface area (TPSA) is 41.1 Å². The Kier molecular flexibility index (Phi) is 5.66. The fourth-order valence-corrected chi connectivity index (χ4v) is 2.58. The van der Waals surface area contributed by atoms with Crippen LogP contribution in [0, 0.1) is 0 Å². The third kappa shape index (κ3) is 4.85. The molecule has 0 bridgehead atoms. The van der Waals surface area contributed by atoms with E-state index in [4.69, 9.17) is 0 Å². The van der Waals surface area contributed by atoms with Crippen LogP contribution in [-0.2, 0) is 10.2 Å². The summed E-state index contributed by atoms with van der Waals surface area (Å²) in [7, 11) is 0. The molecule has 2 aromatic carbocycles. The molecule has 0 fully saturated rings. The van der Waals surface area contributed by atoms with Crippen LogP contribution in [0.15, 0.2) is 48.5 Å². The second-order valence-corrected chi connectivity index (χ2v) is 7.47. The maximum absolute atomic E-state index is 12.2. The highest BCUT2D eigenvalue weighted by molar-refractivity contribution is 5.94. The number of rotatable bonds is 5. The first kappa shape index (κ1) is 18.1. The van der Waals surface area contributed by atoms with Gasteiger partial charge in [0.15, 0.2) is 0 Å². The highest BCUT2D eigenvalue weighted by Crippen LogP contribution is 2.24. The largest absolute Gasteiger partial charge is 0.376 e. The van der Waals surface area contributed by atoms with Crippen LogP contribution in [0.4, 0.5) is 11.4 Å². The Balaban J connectivity index is 1.94. The van der Waals surface area contributed by atoms with Gasteiger partial charge in [-0.25, -0.2) is 0 Å². The number of para-hydroxylation sites is 1. The number of nitrogens with one attached hydrogen (secondary N) is 2. The van der Waals surface area contributed by atoms with Crippen LogP contribution in [0.25, 0.3) is 0 Å². The summed E-state index contributed by atoms with van der Waals surface area (Å²) in [5, 5.41) is 6.18. The van der Waals surface area contributed by atoms with Gasteiger partial charge in [-0.2, -0.15) is 0 Å². The van der Waals surface area contributed by atoms with Crippen LogP contribution < -0.4 is 10.6 Å². The molecule has 0 spiro atoms. The summed E-state index contributed by atoms with van der Waals surface area (Å²) in [6, 6.07) is 16.2. The minimum atomic E-state index is -0.0389. The zero-order valence-corrected chi connectivity index (χ0v) is 15.3. The molecule has 0 aromatic heterocycles. The number of amides is 1. The molecule has 0 aliphatic heterocycles. The SMILES string of the molecule is CC(C)c1ccccc1NC(=O)CNc1ccc(C(C)(C)C)cc1. The Morgan fingerprint density at radius 1 is 1.00 bits per heavy atom. The quantitative estimate of drug-likeness (QED) is 0.798. The molecule has 0 unspecified atom stereocenters. The maximum atomic E-state index is 12.2. The molecule has 2 aromatic rings. The van der Waals surface area contributed by atoms with Gasteiger partial charge in [0, 0.05) is 11.4 Å². The first-order valence-corrected chi connectivity index (χ1v) is 8.50. The summed E-state index contributed by atoms with van der Waals surface area (Å²) in [5.41, 5.74) is 4.41. The molecule has 128 valence electrons. The van der Waals surface area contributed by atoms with Gasteiger partial charge in [-0.3, -0.25) is 4.79 Å². The zero-order chi connectivity index (χ0) is 17.7. The predicted octanol–water partition coefficient (Wildman–Crippen LogP) is 5.16. The average Bonchev–Trinajstić information content (AvgIpc) is 2.53. The molecule has 1 amide bonds. The van der Waals surface area contributed by atoms with Crippen molar-refractivity contribution in [2.24, 2.45) is 0 Å². The molecule has 0 saturated heterocycles. The van der Waals surface area contributed by atoms with Crippen molar-refractivity contribution in [1.29, 1.82) is 0 Å². The van der Waals surface area contributed by atoms with Gasteiger partial charge in [0.25, 0.3) is 0 Å². The third-order valence-corrected chi connectivity index (χ3v) is 4.06. The standard InChI is InChI=1S/C21H28N2O/c1-15(2)18-8-6-7-9-19(18)23-20(24)14-22-17-12-10-16(11-13-17)21(3,4)5/h6-13,15,22H,14H2,1-5H3,(H,23,24). The minimum Gasteiger partial charge on any atom is -0.376 e. The Hall–Kier alpha value is -2.29. The molecular weight excluding hydrogens is 296 g/mol. The summed E-state index contributed by atoms with van der Waals surface area (Å²) in [5.74, 6) is 0.336. The molecule has 24 heavy (non-hydrogen) atoms. The van der Waals surface area contributed by atoms with Gasteiger partial charge in [-0.05, 0) is 40.7 Å². The van der Waals surface area contributed by atoms with Crippen molar-refractivity contribution in [3.63, 3.8) is 0 Å². The molecule has 0 radical (unpaired) electrons. The van der Waals surface area contributed by atoms with E-state index in [9.17, 15) is 4.79 Å². The van der Waals surface area contributed by atoms with E-state index in [-0.39, 0.29) is 17.9 Å². The number of hydrogen-bond acceptors (Lipinski definition) is 2. The second kappa shape index (κ2) is 7.52. The van der Waals surface area contributed by atoms with Gasteiger partial charge in [-0.1, -0.05) is 65.0 Å². The lowest BCUT2D eigenvalue weighted by atomic mass is 9.87. The molecular formula is C21H28N2O. The van der Waals surface area contributed by atoms with Crippen LogP contribution in [0.3, 0.4) is 0 Å². The Labute approximate surface area is 145 Å². The van der Waals surface area contributed by atoms with E-state index < -0.39 is 0 Å². The third-order valence-electron chi connectivity index (χ3n) is 4.06. The smallest absolute Gasteiger partial charge is 0.243 e. The van der Waals surface area contributed by atoms with Gasteiger partial charge in [0.2, 0.25) is 5.91 Å². The van der Waals surface area contributed by atoms with Crippen molar-refractivity contribution in [2.75, 3.05) is 17.2 Å². The Bertz CT molecular complexity index is 682. The van der Waals surface area contributed by atoms with Crippen molar-refractivity contribution in [2.45, 2.75) is 46.0 Å². The molecule has 3 heteroatoms. The van der Waals surface area contributed by atoms with Crippen molar-refractivity contribution >= 4 is 17.3 Å². The second-order valence-electron chi connectivity index (χ2n) is 7.47. The van der Waals surface area contributed by atoms with Gasteiger partial charge < -0.3 is 10.6 Å². The maximum Gasteiger partial charge on any atom is 0.243 e. The Morgan fingerprint density at radius 3 is 2.21 bits per heavy atom. The molecule has 2 N–H and O–H groups in total. The van der Waals surface area contributed by atoms with Crippen LogP contribution in [0.2, 0.25) is 0 Å². The lowest BCUT2D eigenvalue weighted by Gasteiger charge is -2.19. The molecule has 2 rings (SSSR count). The number of carbonyl (C=O) groups excluding carboxylic acids is 1. The summed E-state index contributed by atoms with van der Waals surface area (Å²) in [4.78, 5) is 12.2. The monoisotopic (exact) mass is 324 g/mol. The number of benzene rings is 2. The number of hydrogen-bond donors (Lipinski definition) is 2. The van der Waals surface area contributed by atoms with Crippen LogP contribution in [0.1, 0.15) is 51.7 Å². The zero-order valence-electron chi connectivity index (χ0n) is 15.3. The van der Waals surface area contributed by atoms with Gasteiger partial charge >= 0.3 is 0 Å². The minimum absolute atomic E-state index is 0.0389. The molecule has 0 saturated carbocycles. The first-order chi connectivity index (χ1) is 11.3. The van der Waals surface area contributed by atoms with Crippen molar-refractivity contribution in [3.8, 4) is 0 Å². The van der Waals surface area contributed by atoms with Gasteiger partial charge in [0.05, 0.1) is 6.54 Å². The van der Waals surface area contributed by atoms with Crippen molar-refractivity contribution in [3.05, 3.63) is 59.7 Å². The van der Waals surface area contributed by atoms with E-state index >= 15 is 0 Å². The van der Waals surface area contributed by atoms with E-state index in [1.807, 2.05) is 30.3 Å². The van der Waals surface area contributed by atoms with Gasteiger partial charge in [-0.15, -0.1) is 0 Å². The highest BCUT2D eigenvalue weighted by Gasteiger charge is 2.13. The summed E-state index contributed by atoms with van der Waals surface area (Å²) >= 11 is 0. The molecule has 0 aliphatic carbocycles. The number of carbonyl (C=O) groups is 1. The van der Waals surface area contributed by atoms with E-state index in [0.29, 0.717) is 5.92 Å². The summed E-state index contributed by atoms with van der Waals surface area (Å²) in [6.07, 6.45) is 0. The number of anilines is 2. The van der Waals surface area contributed by atoms with Crippen LogP contribution in [-0.4, -0.2) is 12.5 Å². The normalized spacial score (nSPS) is 11.4. The Morgan fingerprint density at radius 2 is 1.62 bits per heavy atom. The molecule has 3 nitrogen and oxygen atoms in total. The lowest BCUT2D eigenvalue weighted by molar-refractivity contribution is -0.114. The van der Waals surface area contributed by atoms with E-state index in [0.717, 1.165) is 16.9 Å². The lowest BCUT2D eigenvalue weighted by Crippen LogP contribution is -2.22. The molecule has 0 atom stereocenters. The summed E-state index contributed by atoms with van der Waals surface area (Å²) in [6.45, 7) is 11.1. The first-order valence-electron chi connectivity index (χ1n) is 8.50. The summed E-state index contributed by atoms with van der Waals surface area (Å²) < 4.78 is 0. The average molecular weight is 324 g/mol. The predicted molar refractivity (Wildman–Crippen MR) is 103 cm³/mol. The fourth-order valence-electron chi connectivity index (χ4n) is 2.58. The van der Waals surface area contributed by atoms with Crippen molar-refractivity contribution < 1.29 is 4.79 Å². The van der Waals surface area contributed by atoms with Crippen molar-refractivity contribution in [1.82, 2.24) is 0 Å².